The smallest absolute Gasteiger partial charge is 0.0475 e. The number of halogens is 1. The zero-order chi connectivity index (χ0) is 8.41. The summed E-state index contributed by atoms with van der Waals surface area (Å²) in [5, 5.41) is 0. The molecule has 0 heterocycles. The lowest BCUT2D eigenvalue weighted by Crippen LogP contribution is -1.74. The van der Waals surface area contributed by atoms with Crippen molar-refractivity contribution in [3.63, 3.8) is 0 Å². The summed E-state index contributed by atoms with van der Waals surface area (Å²) in [7, 11) is 0. The molecule has 0 saturated carbocycles. The average Bonchev–Trinajstić information content (AvgIpc) is 2.48. The van der Waals surface area contributed by atoms with Crippen molar-refractivity contribution in [2.75, 3.05) is 0 Å². The average molecular weight is 252 g/mol. The summed E-state index contributed by atoms with van der Waals surface area (Å²) in [6.07, 6.45) is 8.44. The number of rotatable bonds is 0. The molecule has 1 aliphatic carbocycles. The van der Waals surface area contributed by atoms with E-state index in [4.69, 9.17) is 0 Å². The first-order chi connectivity index (χ1) is 4.89. The fraction of sp³-hybridized carbons (Fsp3) is 0.556. The third-order valence-corrected chi connectivity index (χ3v) is 1.53. The van der Waals surface area contributed by atoms with Gasteiger partial charge in [-0.2, -0.15) is 0 Å². The molecular weight excluding hydrogens is 235 g/mol. The first-order valence-corrected chi connectivity index (χ1v) is 5.13. The lowest BCUT2D eigenvalue weighted by atomic mass is 10.5. The quantitative estimate of drug-likeness (QED) is 0.452. The molecule has 0 spiro atoms. The highest BCUT2D eigenvalue weighted by Gasteiger charge is 1.92. The monoisotopic (exact) mass is 252 g/mol. The van der Waals surface area contributed by atoms with Crippen molar-refractivity contribution >= 4 is 22.6 Å². The van der Waals surface area contributed by atoms with Crippen molar-refractivity contribution in [1.29, 1.82) is 0 Å². The van der Waals surface area contributed by atoms with E-state index in [-0.39, 0.29) is 0 Å². The highest BCUT2D eigenvalue weighted by Crippen LogP contribution is 2.08. The molecule has 0 nitrogen and oxygen atoms in total. The Kier molecular flexibility index (Phi) is 15.3. The summed E-state index contributed by atoms with van der Waals surface area (Å²) in [5.41, 5.74) is 0. The standard InChI is InChI=1S/C5H5I.2C2H6/c6-5-3-1-2-4-5;2*1-2/h1-5H;2*1-2H3. The molecule has 60 valence electrons. The predicted octanol–water partition coefficient (Wildman–Crippen LogP) is 3.97. The van der Waals surface area contributed by atoms with Gasteiger partial charge in [0, 0.05) is 3.92 Å². The normalized spacial score (nSPS) is 13.3. The van der Waals surface area contributed by atoms with Crippen molar-refractivity contribution in [2.45, 2.75) is 31.6 Å². The molecule has 1 rings (SSSR count). The second kappa shape index (κ2) is 11.9. The van der Waals surface area contributed by atoms with E-state index in [1.165, 1.54) is 0 Å². The van der Waals surface area contributed by atoms with Crippen molar-refractivity contribution < 1.29 is 0 Å². The second-order valence-corrected chi connectivity index (χ2v) is 2.65. The Hall–Kier alpha value is 0.210. The summed E-state index contributed by atoms with van der Waals surface area (Å²) < 4.78 is 0.655. The van der Waals surface area contributed by atoms with Gasteiger partial charge in [-0.05, 0) is 0 Å². The molecule has 0 N–H and O–H groups in total. The fourth-order valence-electron chi connectivity index (χ4n) is 0.405. The van der Waals surface area contributed by atoms with E-state index in [0.717, 1.165) is 0 Å². The zero-order valence-electron chi connectivity index (χ0n) is 7.26. The van der Waals surface area contributed by atoms with E-state index in [1.807, 2.05) is 27.7 Å². The van der Waals surface area contributed by atoms with Crippen LogP contribution < -0.4 is 0 Å². The maximum atomic E-state index is 2.36. The third kappa shape index (κ3) is 8.21. The van der Waals surface area contributed by atoms with Gasteiger partial charge in [0.2, 0.25) is 0 Å². The molecule has 0 fully saturated rings. The van der Waals surface area contributed by atoms with Crippen LogP contribution in [0, 0.1) is 0 Å². The lowest BCUT2D eigenvalue weighted by Gasteiger charge is -1.81. The predicted molar refractivity (Wildman–Crippen MR) is 58.8 cm³/mol. The number of allylic oxidation sites excluding steroid dienone is 4. The van der Waals surface area contributed by atoms with Crippen LogP contribution in [0.4, 0.5) is 0 Å². The second-order valence-electron chi connectivity index (χ2n) is 1.21. The van der Waals surface area contributed by atoms with E-state index >= 15 is 0 Å². The summed E-state index contributed by atoms with van der Waals surface area (Å²) in [5.74, 6) is 0. The topological polar surface area (TPSA) is 0 Å². The van der Waals surface area contributed by atoms with Gasteiger partial charge in [0.05, 0.1) is 0 Å². The van der Waals surface area contributed by atoms with Gasteiger partial charge >= 0.3 is 0 Å². The first-order valence-electron chi connectivity index (χ1n) is 3.88. The molecule has 0 atom stereocenters. The maximum Gasteiger partial charge on any atom is 0.0475 e. The Morgan fingerprint density at radius 3 is 1.30 bits per heavy atom. The molecule has 0 aliphatic heterocycles. The summed E-state index contributed by atoms with van der Waals surface area (Å²) >= 11 is 2.36. The van der Waals surface area contributed by atoms with Crippen LogP contribution in [0.5, 0.6) is 0 Å². The highest BCUT2D eigenvalue weighted by molar-refractivity contribution is 14.1. The molecule has 0 amide bonds. The Balaban J connectivity index is 0. The van der Waals surface area contributed by atoms with Crippen LogP contribution in [-0.4, -0.2) is 3.92 Å². The Bertz CT molecular complexity index is 80.9. The van der Waals surface area contributed by atoms with E-state index < -0.39 is 0 Å². The summed E-state index contributed by atoms with van der Waals surface area (Å²) in [6.45, 7) is 8.00. The van der Waals surface area contributed by atoms with E-state index in [9.17, 15) is 0 Å². The van der Waals surface area contributed by atoms with Crippen LogP contribution in [0.15, 0.2) is 24.3 Å². The van der Waals surface area contributed by atoms with Gasteiger partial charge in [0.15, 0.2) is 0 Å². The van der Waals surface area contributed by atoms with Gasteiger partial charge in [-0.1, -0.05) is 74.6 Å². The van der Waals surface area contributed by atoms with E-state index in [2.05, 4.69) is 46.9 Å². The Morgan fingerprint density at radius 2 is 1.20 bits per heavy atom. The molecule has 0 bridgehead atoms. The van der Waals surface area contributed by atoms with Crippen LogP contribution in [0.25, 0.3) is 0 Å². The minimum Gasteiger partial charge on any atom is -0.0735 e. The van der Waals surface area contributed by atoms with Gasteiger partial charge in [0.1, 0.15) is 0 Å². The van der Waals surface area contributed by atoms with Gasteiger partial charge in [-0.15, -0.1) is 0 Å². The zero-order valence-corrected chi connectivity index (χ0v) is 9.42. The van der Waals surface area contributed by atoms with Crippen LogP contribution in [0.1, 0.15) is 27.7 Å². The van der Waals surface area contributed by atoms with E-state index in [0.29, 0.717) is 3.92 Å². The molecular formula is C9H17I. The largest absolute Gasteiger partial charge is 0.0735 e. The molecule has 0 aromatic heterocycles. The highest BCUT2D eigenvalue weighted by atomic mass is 127. The molecule has 1 aliphatic rings. The summed E-state index contributed by atoms with van der Waals surface area (Å²) in [6, 6.07) is 0. The Morgan fingerprint density at radius 1 is 0.900 bits per heavy atom. The fourth-order valence-corrected chi connectivity index (χ4v) is 0.884. The number of hydrogen-bond donors (Lipinski definition) is 0. The van der Waals surface area contributed by atoms with Gasteiger partial charge in [-0.3, -0.25) is 0 Å². The van der Waals surface area contributed by atoms with Crippen molar-refractivity contribution in [2.24, 2.45) is 0 Å². The van der Waals surface area contributed by atoms with Crippen LogP contribution >= 0.6 is 22.6 Å². The lowest BCUT2D eigenvalue weighted by molar-refractivity contribution is 1.50. The molecule has 0 aromatic carbocycles. The van der Waals surface area contributed by atoms with Crippen LogP contribution in [0.2, 0.25) is 0 Å². The van der Waals surface area contributed by atoms with Gasteiger partial charge in [-0.25, -0.2) is 0 Å². The first kappa shape index (κ1) is 12.8. The van der Waals surface area contributed by atoms with E-state index in [1.54, 1.807) is 0 Å². The molecule has 1 heteroatoms. The number of alkyl halides is 1. The van der Waals surface area contributed by atoms with Crippen molar-refractivity contribution in [3.8, 4) is 0 Å². The Labute approximate surface area is 78.5 Å². The molecule has 0 aromatic rings. The SMILES string of the molecule is CC.CC.IC1C=CC=C1. The van der Waals surface area contributed by atoms with Crippen molar-refractivity contribution in [1.82, 2.24) is 0 Å². The van der Waals surface area contributed by atoms with Crippen LogP contribution in [0.3, 0.4) is 0 Å². The molecule has 0 radical (unpaired) electrons. The maximum absolute atomic E-state index is 2.36. The number of hydrogen-bond acceptors (Lipinski definition) is 0. The molecule has 0 unspecified atom stereocenters. The minimum absolute atomic E-state index is 0.655. The summed E-state index contributed by atoms with van der Waals surface area (Å²) in [4.78, 5) is 0. The van der Waals surface area contributed by atoms with Crippen LogP contribution in [-0.2, 0) is 0 Å². The van der Waals surface area contributed by atoms with Gasteiger partial charge in [0.25, 0.3) is 0 Å². The van der Waals surface area contributed by atoms with Gasteiger partial charge < -0.3 is 0 Å². The molecule has 0 saturated heterocycles. The third-order valence-electron chi connectivity index (χ3n) is 0.701. The minimum atomic E-state index is 0.655. The molecule has 10 heavy (non-hydrogen) atoms. The van der Waals surface area contributed by atoms with Crippen molar-refractivity contribution in [3.05, 3.63) is 24.3 Å².